The highest BCUT2D eigenvalue weighted by atomic mass is 35.5. The number of non-ortho nitro benzene ring substituents is 1. The number of rotatable bonds is 5. The van der Waals surface area contributed by atoms with Crippen LogP contribution in [0.2, 0.25) is 5.02 Å². The molecule has 0 radical (unpaired) electrons. The molecule has 2 rings (SSSR count). The molecule has 0 saturated heterocycles. The predicted molar refractivity (Wildman–Crippen MR) is 87.2 cm³/mol. The van der Waals surface area contributed by atoms with E-state index in [0.717, 1.165) is 17.9 Å². The maximum Gasteiger partial charge on any atom is 0.270 e. The topological polar surface area (TPSA) is 77.3 Å². The first kappa shape index (κ1) is 16.8. The van der Waals surface area contributed by atoms with Gasteiger partial charge < -0.3 is 0 Å². The summed E-state index contributed by atoms with van der Waals surface area (Å²) in [4.78, 5) is 10.6. The maximum atomic E-state index is 11.8. The van der Waals surface area contributed by atoms with E-state index < -0.39 is 14.8 Å². The molecular formula is C14H12ClNO4S2. The molecule has 0 aliphatic heterocycles. The summed E-state index contributed by atoms with van der Waals surface area (Å²) in [6.07, 6.45) is 1.04. The van der Waals surface area contributed by atoms with Crippen molar-refractivity contribution in [3.05, 3.63) is 63.2 Å². The number of thioether (sulfide) groups is 1. The van der Waals surface area contributed by atoms with Gasteiger partial charge in [-0.05, 0) is 23.8 Å². The third-order valence-electron chi connectivity index (χ3n) is 2.82. The lowest BCUT2D eigenvalue weighted by Crippen LogP contribution is -2.01. The van der Waals surface area contributed by atoms with Gasteiger partial charge in [0, 0.05) is 34.1 Å². The monoisotopic (exact) mass is 357 g/mol. The quantitative estimate of drug-likeness (QED) is 0.460. The molecule has 0 unspecified atom stereocenters. The van der Waals surface area contributed by atoms with Gasteiger partial charge in [0.2, 0.25) is 0 Å². The summed E-state index contributed by atoms with van der Waals surface area (Å²) in [5.41, 5.74) is 0.697. The molecule has 5 nitrogen and oxygen atoms in total. The standard InChI is InChI=1S/C14H12ClNO4S2/c1-22(19,20)14-8-12(16(17)18)5-6-13(14)21-9-10-3-2-4-11(15)7-10/h2-8H,9H2,1H3. The van der Waals surface area contributed by atoms with Gasteiger partial charge in [0.15, 0.2) is 9.84 Å². The molecular weight excluding hydrogens is 346 g/mol. The number of sulfone groups is 1. The summed E-state index contributed by atoms with van der Waals surface area (Å²) >= 11 is 7.20. The summed E-state index contributed by atoms with van der Waals surface area (Å²) in [5.74, 6) is 0.515. The van der Waals surface area contributed by atoms with E-state index >= 15 is 0 Å². The van der Waals surface area contributed by atoms with E-state index in [1.54, 1.807) is 12.1 Å². The summed E-state index contributed by atoms with van der Waals surface area (Å²) < 4.78 is 23.7. The Bertz CT molecular complexity index is 821. The molecule has 8 heteroatoms. The smallest absolute Gasteiger partial charge is 0.258 e. The van der Waals surface area contributed by atoms with Gasteiger partial charge in [-0.2, -0.15) is 0 Å². The van der Waals surface area contributed by atoms with Crippen molar-refractivity contribution in [3.63, 3.8) is 0 Å². The Morgan fingerprint density at radius 1 is 1.23 bits per heavy atom. The molecule has 0 aromatic heterocycles. The van der Waals surface area contributed by atoms with E-state index in [1.807, 2.05) is 12.1 Å². The number of hydrogen-bond donors (Lipinski definition) is 0. The Kier molecular flexibility index (Phi) is 5.10. The van der Waals surface area contributed by atoms with Crippen LogP contribution in [0.3, 0.4) is 0 Å². The minimum Gasteiger partial charge on any atom is -0.258 e. The Labute approximate surface area is 137 Å². The van der Waals surface area contributed by atoms with Crippen molar-refractivity contribution in [2.75, 3.05) is 6.26 Å². The van der Waals surface area contributed by atoms with Crippen LogP contribution in [0.15, 0.2) is 52.3 Å². The zero-order valence-electron chi connectivity index (χ0n) is 11.5. The second-order valence-electron chi connectivity index (χ2n) is 4.58. The zero-order chi connectivity index (χ0) is 16.3. The van der Waals surface area contributed by atoms with Crippen molar-refractivity contribution < 1.29 is 13.3 Å². The molecule has 0 heterocycles. The van der Waals surface area contributed by atoms with Crippen molar-refractivity contribution >= 4 is 38.9 Å². The van der Waals surface area contributed by atoms with Crippen molar-refractivity contribution in [2.24, 2.45) is 0 Å². The van der Waals surface area contributed by atoms with Crippen LogP contribution in [0, 0.1) is 10.1 Å². The van der Waals surface area contributed by atoms with Crippen molar-refractivity contribution in [2.45, 2.75) is 15.5 Å². The largest absolute Gasteiger partial charge is 0.270 e. The number of benzene rings is 2. The van der Waals surface area contributed by atoms with E-state index in [9.17, 15) is 18.5 Å². The van der Waals surface area contributed by atoms with Crippen LogP contribution in [0.5, 0.6) is 0 Å². The highest BCUT2D eigenvalue weighted by Gasteiger charge is 2.18. The van der Waals surface area contributed by atoms with Gasteiger partial charge in [-0.3, -0.25) is 10.1 Å². The molecule has 0 atom stereocenters. The van der Waals surface area contributed by atoms with Crippen LogP contribution < -0.4 is 0 Å². The van der Waals surface area contributed by atoms with Crippen LogP contribution in [-0.4, -0.2) is 19.6 Å². The average molecular weight is 358 g/mol. The Balaban J connectivity index is 2.32. The summed E-state index contributed by atoms with van der Waals surface area (Å²) in [6.45, 7) is 0. The van der Waals surface area contributed by atoms with Gasteiger partial charge >= 0.3 is 0 Å². The molecule has 0 saturated carbocycles. The molecule has 116 valence electrons. The lowest BCUT2D eigenvalue weighted by molar-refractivity contribution is -0.385. The van der Waals surface area contributed by atoms with Gasteiger partial charge in [-0.15, -0.1) is 11.8 Å². The molecule has 22 heavy (non-hydrogen) atoms. The first-order chi connectivity index (χ1) is 10.3. The normalized spacial score (nSPS) is 11.4. The Hall–Kier alpha value is -1.57. The van der Waals surface area contributed by atoms with E-state index in [2.05, 4.69) is 0 Å². The molecule has 0 bridgehead atoms. The van der Waals surface area contributed by atoms with Crippen LogP contribution in [0.25, 0.3) is 0 Å². The summed E-state index contributed by atoms with van der Waals surface area (Å²) in [7, 11) is -3.55. The van der Waals surface area contributed by atoms with E-state index in [-0.39, 0.29) is 10.6 Å². The van der Waals surface area contributed by atoms with Crippen molar-refractivity contribution in [1.29, 1.82) is 0 Å². The minimum atomic E-state index is -3.55. The van der Waals surface area contributed by atoms with Crippen molar-refractivity contribution in [3.8, 4) is 0 Å². The first-order valence-corrected chi connectivity index (χ1v) is 9.38. The van der Waals surface area contributed by atoms with Gasteiger partial charge in [0.25, 0.3) is 5.69 Å². The van der Waals surface area contributed by atoms with E-state index in [1.165, 1.54) is 23.9 Å². The van der Waals surface area contributed by atoms with Crippen LogP contribution in [0.1, 0.15) is 5.56 Å². The number of halogens is 1. The first-order valence-electron chi connectivity index (χ1n) is 6.13. The number of hydrogen-bond acceptors (Lipinski definition) is 5. The fourth-order valence-electron chi connectivity index (χ4n) is 1.81. The maximum absolute atomic E-state index is 11.8. The second-order valence-corrected chi connectivity index (χ2v) is 8.02. The molecule has 2 aromatic rings. The van der Waals surface area contributed by atoms with E-state index in [4.69, 9.17) is 11.6 Å². The molecule has 0 N–H and O–H groups in total. The lowest BCUT2D eigenvalue weighted by Gasteiger charge is -2.08. The fourth-order valence-corrected chi connectivity index (χ4v) is 4.29. The SMILES string of the molecule is CS(=O)(=O)c1cc([N+](=O)[O-])ccc1SCc1cccc(Cl)c1. The highest BCUT2D eigenvalue weighted by Crippen LogP contribution is 2.32. The number of nitro groups is 1. The average Bonchev–Trinajstić information content (AvgIpc) is 2.44. The minimum absolute atomic E-state index is 0.0336. The van der Waals surface area contributed by atoms with Crippen molar-refractivity contribution in [1.82, 2.24) is 0 Å². The molecule has 0 amide bonds. The predicted octanol–water partition coefficient (Wildman–Crippen LogP) is 3.94. The van der Waals surface area contributed by atoms with E-state index in [0.29, 0.717) is 15.7 Å². The van der Waals surface area contributed by atoms with Gasteiger partial charge in [-0.25, -0.2) is 8.42 Å². The highest BCUT2D eigenvalue weighted by molar-refractivity contribution is 7.99. The Morgan fingerprint density at radius 3 is 2.55 bits per heavy atom. The fraction of sp³-hybridized carbons (Fsp3) is 0.143. The molecule has 0 fully saturated rings. The van der Waals surface area contributed by atoms with Gasteiger partial charge in [0.05, 0.1) is 9.82 Å². The molecule has 0 aliphatic carbocycles. The molecule has 0 spiro atoms. The third-order valence-corrected chi connectivity index (χ3v) is 5.47. The zero-order valence-corrected chi connectivity index (χ0v) is 13.9. The lowest BCUT2D eigenvalue weighted by atomic mass is 10.2. The number of nitrogens with zero attached hydrogens (tertiary/aromatic N) is 1. The molecule has 2 aromatic carbocycles. The molecule has 0 aliphatic rings. The number of nitro benzene ring substituents is 1. The van der Waals surface area contributed by atoms with Crippen LogP contribution in [0.4, 0.5) is 5.69 Å². The summed E-state index contributed by atoms with van der Waals surface area (Å²) in [6, 6.07) is 11.1. The van der Waals surface area contributed by atoms with Crippen LogP contribution >= 0.6 is 23.4 Å². The Morgan fingerprint density at radius 2 is 1.95 bits per heavy atom. The van der Waals surface area contributed by atoms with Gasteiger partial charge in [0.1, 0.15) is 0 Å². The van der Waals surface area contributed by atoms with Crippen LogP contribution in [-0.2, 0) is 15.6 Å². The summed E-state index contributed by atoms with van der Waals surface area (Å²) in [5, 5.41) is 11.4. The third kappa shape index (κ3) is 4.22. The second kappa shape index (κ2) is 6.68. The van der Waals surface area contributed by atoms with Gasteiger partial charge in [-0.1, -0.05) is 23.7 Å².